The Labute approximate surface area is 85.7 Å². The van der Waals surface area contributed by atoms with Gasteiger partial charge in [0.2, 0.25) is 0 Å². The van der Waals surface area contributed by atoms with Crippen molar-refractivity contribution < 1.29 is 9.90 Å². The summed E-state index contributed by atoms with van der Waals surface area (Å²) in [5, 5.41) is 10.3. The summed E-state index contributed by atoms with van der Waals surface area (Å²) in [6.07, 6.45) is 0. The summed E-state index contributed by atoms with van der Waals surface area (Å²) in [6.45, 7) is 0. The second kappa shape index (κ2) is 3.31. The molecule has 0 saturated heterocycles. The van der Waals surface area contributed by atoms with Crippen LogP contribution in [0, 0.1) is 0 Å². The van der Waals surface area contributed by atoms with Crippen molar-refractivity contribution in [3.05, 3.63) is 42.0 Å². The maximum Gasteiger partial charge on any atom is 0.253 e. The van der Waals surface area contributed by atoms with Gasteiger partial charge in [0.15, 0.2) is 0 Å². The molecule has 0 saturated carbocycles. The summed E-state index contributed by atoms with van der Waals surface area (Å²) in [6, 6.07) is 10.0. The molecule has 2 aromatic rings. The Hall–Kier alpha value is -1.54. The van der Waals surface area contributed by atoms with Gasteiger partial charge in [-0.3, -0.25) is 4.79 Å². The molecule has 70 valence electrons. The molecule has 0 aromatic heterocycles. The number of benzene rings is 2. The van der Waals surface area contributed by atoms with Crippen molar-refractivity contribution in [2.75, 3.05) is 0 Å². The van der Waals surface area contributed by atoms with E-state index in [0.29, 0.717) is 5.56 Å². The van der Waals surface area contributed by atoms with E-state index in [1.54, 1.807) is 24.3 Å². The van der Waals surface area contributed by atoms with Crippen LogP contribution in [0.25, 0.3) is 10.8 Å². The minimum atomic E-state index is -0.485. The van der Waals surface area contributed by atoms with Gasteiger partial charge in [0.05, 0.1) is 0 Å². The van der Waals surface area contributed by atoms with Crippen LogP contribution < -0.4 is 0 Å². The van der Waals surface area contributed by atoms with Gasteiger partial charge in [0.1, 0.15) is 5.75 Å². The first-order valence-electron chi connectivity index (χ1n) is 4.10. The third kappa shape index (κ3) is 1.44. The lowest BCUT2D eigenvalue weighted by Gasteiger charge is -2.02. The van der Waals surface area contributed by atoms with Gasteiger partial charge < -0.3 is 5.11 Å². The molecule has 0 unspecified atom stereocenters. The Morgan fingerprint density at radius 3 is 2.71 bits per heavy atom. The molecule has 0 amide bonds. The van der Waals surface area contributed by atoms with E-state index >= 15 is 0 Å². The predicted molar refractivity (Wildman–Crippen MR) is 55.8 cm³/mol. The Balaban J connectivity index is 2.81. The minimum absolute atomic E-state index is 0.177. The molecule has 0 fully saturated rings. The zero-order valence-electron chi connectivity index (χ0n) is 7.20. The summed E-state index contributed by atoms with van der Waals surface area (Å²) >= 11 is 5.42. The summed E-state index contributed by atoms with van der Waals surface area (Å²) in [4.78, 5) is 11.0. The number of phenolic OH excluding ortho intramolecular Hbond substituents is 1. The lowest BCUT2D eigenvalue weighted by Crippen LogP contribution is -1.89. The first-order valence-corrected chi connectivity index (χ1v) is 4.48. The van der Waals surface area contributed by atoms with Crippen molar-refractivity contribution in [1.29, 1.82) is 0 Å². The van der Waals surface area contributed by atoms with E-state index in [0.717, 1.165) is 10.8 Å². The predicted octanol–water partition coefficient (Wildman–Crippen LogP) is 2.92. The highest BCUT2D eigenvalue weighted by Gasteiger charge is 2.06. The van der Waals surface area contributed by atoms with Crippen LogP contribution >= 0.6 is 11.6 Å². The molecule has 0 aliphatic rings. The van der Waals surface area contributed by atoms with Gasteiger partial charge in [0, 0.05) is 5.56 Å². The monoisotopic (exact) mass is 206 g/mol. The van der Waals surface area contributed by atoms with Crippen LogP contribution in [0.1, 0.15) is 10.4 Å². The van der Waals surface area contributed by atoms with E-state index in [1.807, 2.05) is 6.07 Å². The number of halogens is 1. The molecule has 2 aromatic carbocycles. The number of hydrogen-bond acceptors (Lipinski definition) is 2. The number of hydrogen-bond donors (Lipinski definition) is 1. The van der Waals surface area contributed by atoms with E-state index in [4.69, 9.17) is 11.6 Å². The third-order valence-corrected chi connectivity index (χ3v) is 2.28. The first-order chi connectivity index (χ1) is 6.68. The molecular weight excluding hydrogens is 200 g/mol. The fourth-order valence-corrected chi connectivity index (χ4v) is 1.61. The molecule has 0 aliphatic heterocycles. The molecular formula is C11H7ClO2. The van der Waals surface area contributed by atoms with Crippen molar-refractivity contribution in [2.45, 2.75) is 0 Å². The lowest BCUT2D eigenvalue weighted by molar-refractivity contribution is 0.108. The smallest absolute Gasteiger partial charge is 0.253 e. The molecule has 2 nitrogen and oxygen atoms in total. The van der Waals surface area contributed by atoms with Crippen molar-refractivity contribution in [2.24, 2.45) is 0 Å². The van der Waals surface area contributed by atoms with Crippen LogP contribution in [0.5, 0.6) is 5.75 Å². The van der Waals surface area contributed by atoms with E-state index in [2.05, 4.69) is 0 Å². The van der Waals surface area contributed by atoms with Gasteiger partial charge in [0.25, 0.3) is 5.24 Å². The molecule has 0 spiro atoms. The van der Waals surface area contributed by atoms with Crippen LogP contribution in [0.15, 0.2) is 36.4 Å². The van der Waals surface area contributed by atoms with E-state index < -0.39 is 5.24 Å². The standard InChI is InChI=1S/C11H7ClO2/c12-11(14)10-3-1-2-7-6-8(13)4-5-9(7)10/h1-6,13H. The van der Waals surface area contributed by atoms with Crippen LogP contribution in [-0.2, 0) is 0 Å². The maximum atomic E-state index is 11.0. The fraction of sp³-hybridized carbons (Fsp3) is 0. The number of fused-ring (bicyclic) bond motifs is 1. The molecule has 0 atom stereocenters. The highest BCUT2D eigenvalue weighted by atomic mass is 35.5. The maximum absolute atomic E-state index is 11.0. The molecule has 3 heteroatoms. The van der Waals surface area contributed by atoms with Crippen LogP contribution in [0.3, 0.4) is 0 Å². The normalized spacial score (nSPS) is 10.4. The van der Waals surface area contributed by atoms with Crippen LogP contribution in [-0.4, -0.2) is 10.3 Å². The Kier molecular flexibility index (Phi) is 2.14. The van der Waals surface area contributed by atoms with Gasteiger partial charge in [-0.05, 0) is 46.6 Å². The highest BCUT2D eigenvalue weighted by molar-refractivity contribution is 6.68. The average Bonchev–Trinajstić information content (AvgIpc) is 2.16. The summed E-state index contributed by atoms with van der Waals surface area (Å²) in [5.74, 6) is 0.177. The Bertz CT molecular complexity index is 506. The number of phenols is 1. The lowest BCUT2D eigenvalue weighted by atomic mass is 10.1. The van der Waals surface area contributed by atoms with E-state index in [9.17, 15) is 9.90 Å². The average molecular weight is 207 g/mol. The second-order valence-electron chi connectivity index (χ2n) is 2.98. The number of aromatic hydroxyl groups is 1. The van der Waals surface area contributed by atoms with Gasteiger partial charge >= 0.3 is 0 Å². The van der Waals surface area contributed by atoms with Crippen LogP contribution in [0.2, 0.25) is 0 Å². The summed E-state index contributed by atoms with van der Waals surface area (Å²) in [5.41, 5.74) is 0.462. The third-order valence-electron chi connectivity index (χ3n) is 2.08. The molecule has 0 radical (unpaired) electrons. The fourth-order valence-electron chi connectivity index (χ4n) is 1.44. The van der Waals surface area contributed by atoms with Gasteiger partial charge in [-0.1, -0.05) is 12.1 Å². The zero-order valence-corrected chi connectivity index (χ0v) is 7.95. The molecule has 14 heavy (non-hydrogen) atoms. The quantitative estimate of drug-likeness (QED) is 0.729. The van der Waals surface area contributed by atoms with E-state index in [-0.39, 0.29) is 5.75 Å². The Morgan fingerprint density at radius 1 is 1.21 bits per heavy atom. The van der Waals surface area contributed by atoms with E-state index in [1.165, 1.54) is 6.07 Å². The second-order valence-corrected chi connectivity index (χ2v) is 3.33. The number of rotatable bonds is 1. The topological polar surface area (TPSA) is 37.3 Å². The first kappa shape index (κ1) is 9.03. The van der Waals surface area contributed by atoms with Gasteiger partial charge in [-0.25, -0.2) is 0 Å². The summed E-state index contributed by atoms with van der Waals surface area (Å²) < 4.78 is 0. The van der Waals surface area contributed by atoms with Crippen molar-refractivity contribution >= 4 is 27.6 Å². The van der Waals surface area contributed by atoms with Crippen LogP contribution in [0.4, 0.5) is 0 Å². The van der Waals surface area contributed by atoms with Crippen molar-refractivity contribution in [3.8, 4) is 5.75 Å². The minimum Gasteiger partial charge on any atom is -0.508 e. The van der Waals surface area contributed by atoms with Crippen molar-refractivity contribution in [3.63, 3.8) is 0 Å². The summed E-state index contributed by atoms with van der Waals surface area (Å²) in [7, 11) is 0. The van der Waals surface area contributed by atoms with Gasteiger partial charge in [-0.15, -0.1) is 0 Å². The largest absolute Gasteiger partial charge is 0.508 e. The molecule has 0 heterocycles. The van der Waals surface area contributed by atoms with Crippen molar-refractivity contribution in [1.82, 2.24) is 0 Å². The zero-order chi connectivity index (χ0) is 10.1. The molecule has 0 aliphatic carbocycles. The number of carbonyl (C=O) groups excluding carboxylic acids is 1. The molecule has 0 bridgehead atoms. The SMILES string of the molecule is O=C(Cl)c1cccc2cc(O)ccc12. The number of carbonyl (C=O) groups is 1. The van der Waals surface area contributed by atoms with Gasteiger partial charge in [-0.2, -0.15) is 0 Å². The molecule has 2 rings (SSSR count). The molecule has 1 N–H and O–H groups in total. The highest BCUT2D eigenvalue weighted by Crippen LogP contribution is 2.23. The Morgan fingerprint density at radius 2 is 2.00 bits per heavy atom.